The van der Waals surface area contributed by atoms with Gasteiger partial charge in [-0.2, -0.15) is 0 Å². The van der Waals surface area contributed by atoms with E-state index in [0.29, 0.717) is 29.7 Å². The van der Waals surface area contributed by atoms with Crippen molar-refractivity contribution in [2.45, 2.75) is 64.7 Å². The number of benzene rings is 1. The summed E-state index contributed by atoms with van der Waals surface area (Å²) in [5.74, 6) is 3.23. The molecule has 8 nitrogen and oxygen atoms in total. The Morgan fingerprint density at radius 1 is 1.19 bits per heavy atom. The molecule has 1 aromatic carbocycles. The van der Waals surface area contributed by atoms with Gasteiger partial charge in [0.05, 0.1) is 26.1 Å². The summed E-state index contributed by atoms with van der Waals surface area (Å²) in [4.78, 5) is 13.7. The number of imidazole rings is 1. The van der Waals surface area contributed by atoms with Crippen LogP contribution in [0.25, 0.3) is 11.5 Å². The average Bonchev–Trinajstić information content (AvgIpc) is 3.40. The van der Waals surface area contributed by atoms with Gasteiger partial charge < -0.3 is 24.5 Å². The second-order valence-electron chi connectivity index (χ2n) is 8.54. The minimum atomic E-state index is -1.14. The third-order valence-corrected chi connectivity index (χ3v) is 5.53. The second-order valence-corrected chi connectivity index (χ2v) is 8.54. The van der Waals surface area contributed by atoms with Crippen molar-refractivity contribution in [3.05, 3.63) is 35.9 Å². The first kappa shape index (κ1) is 21.4. The monoisotopic (exact) mass is 425 g/mol. The average molecular weight is 426 g/mol. The lowest BCUT2D eigenvalue weighted by atomic mass is 10.1. The summed E-state index contributed by atoms with van der Waals surface area (Å²) >= 11 is 0. The lowest BCUT2D eigenvalue weighted by Gasteiger charge is -2.18. The van der Waals surface area contributed by atoms with Gasteiger partial charge in [-0.15, -0.1) is 0 Å². The first-order valence-corrected chi connectivity index (χ1v) is 10.9. The summed E-state index contributed by atoms with van der Waals surface area (Å²) in [6.45, 7) is 6.64. The van der Waals surface area contributed by atoms with Crippen molar-refractivity contribution < 1.29 is 14.6 Å². The zero-order valence-corrected chi connectivity index (χ0v) is 18.7. The number of nitrogens with one attached hydrogen (secondary N) is 1. The molecule has 8 heteroatoms. The van der Waals surface area contributed by atoms with Crippen LogP contribution in [-0.4, -0.2) is 44.4 Å². The van der Waals surface area contributed by atoms with E-state index in [1.54, 1.807) is 27.3 Å². The van der Waals surface area contributed by atoms with Crippen LogP contribution in [0.1, 0.15) is 57.8 Å². The fourth-order valence-electron chi connectivity index (χ4n) is 3.92. The predicted molar refractivity (Wildman–Crippen MR) is 119 cm³/mol. The van der Waals surface area contributed by atoms with Gasteiger partial charge in [0.15, 0.2) is 34.7 Å². The Morgan fingerprint density at radius 3 is 2.65 bits per heavy atom. The van der Waals surface area contributed by atoms with E-state index in [9.17, 15) is 5.11 Å². The highest BCUT2D eigenvalue weighted by Gasteiger charge is 2.28. The highest BCUT2D eigenvalue weighted by atomic mass is 16.5. The molecule has 4 rings (SSSR count). The minimum absolute atomic E-state index is 0.250. The molecule has 1 fully saturated rings. The Bertz CT molecular complexity index is 1000. The number of aromatic nitrogens is 4. The molecule has 1 aliphatic carbocycles. The number of aliphatic hydroxyl groups is 1. The molecule has 1 saturated carbocycles. The summed E-state index contributed by atoms with van der Waals surface area (Å²) in [6.07, 6.45) is 6.60. The third kappa shape index (κ3) is 4.58. The quantitative estimate of drug-likeness (QED) is 0.567. The maximum absolute atomic E-state index is 10.4. The number of ether oxygens (including phenoxy) is 2. The van der Waals surface area contributed by atoms with E-state index >= 15 is 0 Å². The Morgan fingerprint density at radius 2 is 1.97 bits per heavy atom. The second kappa shape index (κ2) is 8.70. The number of nitrogens with zero attached hydrogens (tertiary/aromatic N) is 4. The molecule has 166 valence electrons. The van der Waals surface area contributed by atoms with Gasteiger partial charge in [0, 0.05) is 6.54 Å². The van der Waals surface area contributed by atoms with E-state index in [4.69, 9.17) is 9.47 Å². The van der Waals surface area contributed by atoms with E-state index in [1.165, 1.54) is 12.8 Å². The molecule has 0 bridgehead atoms. The number of methoxy groups -OCH3 is 1. The maximum atomic E-state index is 10.4. The molecular weight excluding hydrogens is 394 g/mol. The fourth-order valence-corrected chi connectivity index (χ4v) is 3.92. The van der Waals surface area contributed by atoms with Crippen LogP contribution in [0.2, 0.25) is 0 Å². The van der Waals surface area contributed by atoms with Crippen molar-refractivity contribution in [1.82, 2.24) is 19.5 Å². The lowest BCUT2D eigenvalue weighted by Crippen LogP contribution is -2.17. The van der Waals surface area contributed by atoms with Gasteiger partial charge in [0.2, 0.25) is 0 Å². The molecule has 2 aliphatic heterocycles. The number of hydrogen-bond acceptors (Lipinski definition) is 7. The highest BCUT2D eigenvalue weighted by molar-refractivity contribution is 5.67. The molecule has 0 spiro atoms. The van der Waals surface area contributed by atoms with Gasteiger partial charge in [-0.05, 0) is 64.2 Å². The Kier molecular flexibility index (Phi) is 6.00. The molecule has 2 N–H and O–H groups in total. The summed E-state index contributed by atoms with van der Waals surface area (Å²) in [7, 11) is 1.66. The molecule has 0 amide bonds. The van der Waals surface area contributed by atoms with Gasteiger partial charge in [-0.25, -0.2) is 15.0 Å². The molecule has 0 radical (unpaired) electrons. The normalized spacial score (nSPS) is 14.9. The smallest absolute Gasteiger partial charge is 0.166 e. The molecule has 2 heterocycles. The standard InChI is InChI=1S/C23H31N5O3/c1-5-24-20-19-21(27-22(26-19)23(2,3)29)28(14-25-20)13-15-10-11-17(30-4)18(12-15)31-16-8-6-7-9-16/h10-12,14,16,24,29H,5-9,13H2,1-4H3. The van der Waals surface area contributed by atoms with Crippen LogP contribution in [0.15, 0.2) is 24.5 Å². The van der Waals surface area contributed by atoms with Crippen LogP contribution in [0.5, 0.6) is 11.5 Å². The minimum Gasteiger partial charge on any atom is -0.493 e. The van der Waals surface area contributed by atoms with Crippen LogP contribution in [0.4, 0.5) is 5.82 Å². The van der Waals surface area contributed by atoms with E-state index in [1.807, 2.05) is 29.7 Å². The van der Waals surface area contributed by atoms with Crippen LogP contribution >= 0.6 is 0 Å². The summed E-state index contributed by atoms with van der Waals surface area (Å²) < 4.78 is 13.7. The van der Waals surface area contributed by atoms with Crippen molar-refractivity contribution in [2.75, 3.05) is 19.0 Å². The lowest BCUT2D eigenvalue weighted by molar-refractivity contribution is 0.0698. The maximum Gasteiger partial charge on any atom is 0.166 e. The molecule has 0 unspecified atom stereocenters. The molecule has 1 aromatic rings. The van der Waals surface area contributed by atoms with Gasteiger partial charge in [0.1, 0.15) is 5.60 Å². The first-order valence-electron chi connectivity index (χ1n) is 10.9. The van der Waals surface area contributed by atoms with Gasteiger partial charge in [0.25, 0.3) is 0 Å². The largest absolute Gasteiger partial charge is 0.493 e. The van der Waals surface area contributed by atoms with Crippen LogP contribution in [0.3, 0.4) is 0 Å². The van der Waals surface area contributed by atoms with E-state index < -0.39 is 5.60 Å². The van der Waals surface area contributed by atoms with Crippen LogP contribution in [0, 0.1) is 0 Å². The van der Waals surface area contributed by atoms with Gasteiger partial charge in [-0.3, -0.25) is 0 Å². The Balaban J connectivity index is 1.67. The number of rotatable bonds is 8. The third-order valence-electron chi connectivity index (χ3n) is 5.53. The predicted octanol–water partition coefficient (Wildman–Crippen LogP) is 3.82. The van der Waals surface area contributed by atoms with Crippen molar-refractivity contribution in [3.8, 4) is 23.0 Å². The zero-order valence-electron chi connectivity index (χ0n) is 18.7. The SMILES string of the molecule is CCNc1ncn(Cc2ccc(OC)c(OC3CCCC3)c2)c2nc(C(C)(C)O)nc1-2. The van der Waals surface area contributed by atoms with Crippen LogP contribution in [-0.2, 0) is 12.1 Å². The summed E-state index contributed by atoms with van der Waals surface area (Å²) in [5, 5.41) is 13.6. The Hall–Kier alpha value is -2.87. The number of fused-ring (bicyclic) bond motifs is 1. The summed E-state index contributed by atoms with van der Waals surface area (Å²) in [6, 6.07) is 5.99. The molecule has 3 aliphatic rings. The van der Waals surface area contributed by atoms with Crippen molar-refractivity contribution >= 4 is 5.82 Å². The van der Waals surface area contributed by atoms with Crippen molar-refractivity contribution in [1.29, 1.82) is 0 Å². The van der Waals surface area contributed by atoms with E-state index in [0.717, 1.165) is 36.4 Å². The molecule has 0 saturated heterocycles. The fraction of sp³-hybridized carbons (Fsp3) is 0.522. The highest BCUT2D eigenvalue weighted by Crippen LogP contribution is 2.34. The van der Waals surface area contributed by atoms with Crippen LogP contribution < -0.4 is 14.8 Å². The molecular formula is C23H31N5O3. The molecule has 0 aromatic heterocycles. The van der Waals surface area contributed by atoms with E-state index in [2.05, 4.69) is 20.3 Å². The Labute approximate surface area is 183 Å². The molecule has 0 atom stereocenters. The van der Waals surface area contributed by atoms with Gasteiger partial charge >= 0.3 is 0 Å². The first-order chi connectivity index (χ1) is 14.9. The summed E-state index contributed by atoms with van der Waals surface area (Å²) in [5.41, 5.74) is 0.561. The van der Waals surface area contributed by atoms with E-state index in [-0.39, 0.29) is 6.10 Å². The van der Waals surface area contributed by atoms with Crippen molar-refractivity contribution in [2.24, 2.45) is 0 Å². The number of anilines is 1. The molecule has 31 heavy (non-hydrogen) atoms. The zero-order chi connectivity index (χ0) is 22.0. The topological polar surface area (TPSA) is 94.3 Å². The van der Waals surface area contributed by atoms with Crippen molar-refractivity contribution in [3.63, 3.8) is 0 Å². The number of hydrogen-bond donors (Lipinski definition) is 2. The van der Waals surface area contributed by atoms with Gasteiger partial charge in [-0.1, -0.05) is 6.07 Å².